The molecule has 0 spiro atoms. The molecule has 1 aliphatic carbocycles. The molecule has 3 nitrogen and oxygen atoms in total. The van der Waals surface area contributed by atoms with E-state index in [9.17, 15) is 0 Å². The Balaban J connectivity index is 1.93. The zero-order valence-corrected chi connectivity index (χ0v) is 10.8. The largest absolute Gasteiger partial charge is 0.383 e. The average molecular weight is 257 g/mol. The summed E-state index contributed by atoms with van der Waals surface area (Å²) in [6.45, 7) is 0. The zero-order valence-electron chi connectivity index (χ0n) is 9.97. The van der Waals surface area contributed by atoms with Gasteiger partial charge in [0.1, 0.15) is 5.84 Å². The van der Waals surface area contributed by atoms with E-state index in [-0.39, 0.29) is 6.04 Å². The first-order valence-electron chi connectivity index (χ1n) is 6.00. The van der Waals surface area contributed by atoms with Crippen LogP contribution in [0.1, 0.15) is 28.5 Å². The normalized spacial score (nSPS) is 18.9. The molecule has 0 bridgehead atoms. The molecule has 0 saturated carbocycles. The fourth-order valence-corrected chi connectivity index (χ4v) is 2.95. The monoisotopic (exact) mass is 257 g/mol. The third kappa shape index (κ3) is 2.05. The van der Waals surface area contributed by atoms with Crippen molar-refractivity contribution in [3.63, 3.8) is 0 Å². The van der Waals surface area contributed by atoms with Gasteiger partial charge in [0, 0.05) is 6.04 Å². The second-order valence-electron chi connectivity index (χ2n) is 4.50. The predicted molar refractivity (Wildman–Crippen MR) is 76.4 cm³/mol. The van der Waals surface area contributed by atoms with Crippen molar-refractivity contribution in [1.29, 1.82) is 0 Å². The van der Waals surface area contributed by atoms with E-state index in [1.54, 1.807) is 11.3 Å². The number of hydrogen-bond acceptors (Lipinski definition) is 3. The Hall–Kier alpha value is -1.65. The van der Waals surface area contributed by atoms with Gasteiger partial charge in [-0.2, -0.15) is 0 Å². The number of nitrogens with two attached hydrogens (primary N) is 2. The smallest absolute Gasteiger partial charge is 0.141 e. The molecule has 92 valence electrons. The number of benzene rings is 1. The lowest BCUT2D eigenvalue weighted by Crippen LogP contribution is -2.10. The maximum absolute atomic E-state index is 6.02. The summed E-state index contributed by atoms with van der Waals surface area (Å²) in [6, 6.07) is 10.3. The highest BCUT2D eigenvalue weighted by molar-refractivity contribution is 7.12. The van der Waals surface area contributed by atoms with Crippen LogP contribution < -0.4 is 11.5 Å². The molecule has 3 rings (SSSR count). The minimum Gasteiger partial charge on any atom is -0.383 e. The maximum Gasteiger partial charge on any atom is 0.141 e. The van der Waals surface area contributed by atoms with Crippen LogP contribution in [-0.4, -0.2) is 5.84 Å². The lowest BCUT2D eigenvalue weighted by atomic mass is 10.1. The molecule has 0 fully saturated rings. The highest BCUT2D eigenvalue weighted by Gasteiger charge is 2.18. The zero-order chi connectivity index (χ0) is 12.5. The van der Waals surface area contributed by atoms with E-state index in [1.807, 2.05) is 23.6 Å². The molecule has 1 heterocycles. The van der Waals surface area contributed by atoms with Gasteiger partial charge in [-0.15, -0.1) is 11.3 Å². The van der Waals surface area contributed by atoms with Crippen molar-refractivity contribution < 1.29 is 0 Å². The summed E-state index contributed by atoms with van der Waals surface area (Å²) < 4.78 is 0. The number of fused-ring (bicyclic) bond motifs is 1. The predicted octanol–water partition coefficient (Wildman–Crippen LogP) is 2.73. The summed E-state index contributed by atoms with van der Waals surface area (Å²) >= 11 is 1.60. The van der Waals surface area contributed by atoms with Crippen LogP contribution in [0.5, 0.6) is 0 Å². The molecule has 0 radical (unpaired) electrons. The Morgan fingerprint density at radius 2 is 2.22 bits per heavy atom. The number of thiophene rings is 1. The molecule has 1 atom stereocenters. The summed E-state index contributed by atoms with van der Waals surface area (Å²) in [5.41, 5.74) is 15.5. The topological polar surface area (TPSA) is 64.4 Å². The summed E-state index contributed by atoms with van der Waals surface area (Å²) in [5, 5.41) is 2.00. The molecule has 1 aromatic heterocycles. The van der Waals surface area contributed by atoms with Gasteiger partial charge in [0.05, 0.1) is 10.6 Å². The van der Waals surface area contributed by atoms with E-state index in [4.69, 9.17) is 11.5 Å². The van der Waals surface area contributed by atoms with Gasteiger partial charge in [-0.3, -0.25) is 0 Å². The van der Waals surface area contributed by atoms with E-state index >= 15 is 0 Å². The molecule has 0 saturated heterocycles. The maximum atomic E-state index is 6.02. The standard InChI is InChI=1S/C14H15N3S/c15-12-6-3-9-8-10(4-5-11(9)12)17-14(16)13-2-1-7-18-13/h1-2,4-5,7-8,12H,3,6,15H2,(H2,16,17). The second-order valence-corrected chi connectivity index (χ2v) is 5.45. The second kappa shape index (κ2) is 4.55. The third-order valence-corrected chi connectivity index (χ3v) is 4.17. The minimum absolute atomic E-state index is 0.188. The van der Waals surface area contributed by atoms with Crippen molar-refractivity contribution in [2.24, 2.45) is 16.5 Å². The van der Waals surface area contributed by atoms with Crippen LogP contribution in [0.15, 0.2) is 40.7 Å². The van der Waals surface area contributed by atoms with E-state index in [1.165, 1.54) is 11.1 Å². The van der Waals surface area contributed by atoms with Crippen LogP contribution in [0.2, 0.25) is 0 Å². The van der Waals surface area contributed by atoms with E-state index in [0.29, 0.717) is 5.84 Å². The van der Waals surface area contributed by atoms with Gasteiger partial charge in [-0.05, 0) is 47.5 Å². The van der Waals surface area contributed by atoms with Gasteiger partial charge in [0.2, 0.25) is 0 Å². The van der Waals surface area contributed by atoms with E-state index in [0.717, 1.165) is 23.4 Å². The van der Waals surface area contributed by atoms with Crippen molar-refractivity contribution in [1.82, 2.24) is 0 Å². The molecule has 1 aliphatic rings. The van der Waals surface area contributed by atoms with Gasteiger partial charge >= 0.3 is 0 Å². The number of rotatable bonds is 2. The summed E-state index contributed by atoms with van der Waals surface area (Å²) in [5.74, 6) is 0.576. The first-order chi connectivity index (χ1) is 8.74. The molecule has 2 aromatic rings. The minimum atomic E-state index is 0.188. The first kappa shape index (κ1) is 11.4. The van der Waals surface area contributed by atoms with E-state index < -0.39 is 0 Å². The number of amidine groups is 1. The molecule has 4 heteroatoms. The Kier molecular flexibility index (Phi) is 2.89. The van der Waals surface area contributed by atoms with Gasteiger partial charge in [-0.1, -0.05) is 12.1 Å². The first-order valence-corrected chi connectivity index (χ1v) is 6.88. The van der Waals surface area contributed by atoms with Crippen LogP contribution in [0.25, 0.3) is 0 Å². The van der Waals surface area contributed by atoms with Gasteiger partial charge in [0.15, 0.2) is 0 Å². The number of aryl methyl sites for hydroxylation is 1. The highest BCUT2D eigenvalue weighted by atomic mass is 32.1. The van der Waals surface area contributed by atoms with Gasteiger partial charge in [0.25, 0.3) is 0 Å². The lowest BCUT2D eigenvalue weighted by Gasteiger charge is -2.05. The van der Waals surface area contributed by atoms with Crippen molar-refractivity contribution >= 4 is 22.9 Å². The van der Waals surface area contributed by atoms with Crippen molar-refractivity contribution in [2.75, 3.05) is 0 Å². The van der Waals surface area contributed by atoms with Crippen LogP contribution in [-0.2, 0) is 6.42 Å². The molecule has 1 unspecified atom stereocenters. The molecule has 4 N–H and O–H groups in total. The summed E-state index contributed by atoms with van der Waals surface area (Å²) in [7, 11) is 0. The molecular formula is C14H15N3S. The van der Waals surface area contributed by atoms with Crippen LogP contribution >= 0.6 is 11.3 Å². The van der Waals surface area contributed by atoms with Crippen LogP contribution in [0.3, 0.4) is 0 Å². The van der Waals surface area contributed by atoms with Gasteiger partial charge < -0.3 is 11.5 Å². The fraction of sp³-hybridized carbons (Fsp3) is 0.214. The van der Waals surface area contributed by atoms with E-state index in [2.05, 4.69) is 17.1 Å². The van der Waals surface area contributed by atoms with Gasteiger partial charge in [-0.25, -0.2) is 4.99 Å². The summed E-state index contributed by atoms with van der Waals surface area (Å²) in [4.78, 5) is 5.47. The third-order valence-electron chi connectivity index (χ3n) is 3.27. The quantitative estimate of drug-likeness (QED) is 0.642. The molecule has 18 heavy (non-hydrogen) atoms. The SMILES string of the molecule is NC(=Nc1ccc2c(c1)CCC2N)c1cccs1. The Bertz CT molecular complexity index is 587. The lowest BCUT2D eigenvalue weighted by molar-refractivity contribution is 0.713. The number of hydrogen-bond donors (Lipinski definition) is 2. The Morgan fingerprint density at radius 3 is 3.00 bits per heavy atom. The molecule has 1 aromatic carbocycles. The fourth-order valence-electron chi connectivity index (χ4n) is 2.32. The molecular weight excluding hydrogens is 242 g/mol. The number of aliphatic imine (C=N–C) groups is 1. The molecule has 0 amide bonds. The Morgan fingerprint density at radius 1 is 1.33 bits per heavy atom. The van der Waals surface area contributed by atoms with Crippen molar-refractivity contribution in [2.45, 2.75) is 18.9 Å². The summed E-state index contributed by atoms with van der Waals surface area (Å²) in [6.07, 6.45) is 2.07. The van der Waals surface area contributed by atoms with Crippen LogP contribution in [0.4, 0.5) is 5.69 Å². The average Bonchev–Trinajstić information content (AvgIpc) is 2.99. The molecule has 0 aliphatic heterocycles. The van der Waals surface area contributed by atoms with Crippen molar-refractivity contribution in [3.8, 4) is 0 Å². The highest BCUT2D eigenvalue weighted by Crippen LogP contribution is 2.32. The number of nitrogens with zero attached hydrogens (tertiary/aromatic N) is 1. The Labute approximate surface area is 110 Å². The van der Waals surface area contributed by atoms with Crippen molar-refractivity contribution in [3.05, 3.63) is 51.7 Å². The van der Waals surface area contributed by atoms with Crippen LogP contribution in [0, 0.1) is 0 Å².